The average molecular weight is 489 g/mol. The summed E-state index contributed by atoms with van der Waals surface area (Å²) >= 11 is 0. The predicted molar refractivity (Wildman–Crippen MR) is 135 cm³/mol. The molecule has 1 atom stereocenters. The predicted octanol–water partition coefficient (Wildman–Crippen LogP) is 5.12. The highest BCUT2D eigenvalue weighted by molar-refractivity contribution is 6.00. The molecule has 0 aliphatic carbocycles. The Labute approximate surface area is 208 Å². The van der Waals surface area contributed by atoms with Gasteiger partial charge in [-0.05, 0) is 55.0 Å². The summed E-state index contributed by atoms with van der Waals surface area (Å²) in [6, 6.07) is 16.8. The van der Waals surface area contributed by atoms with Gasteiger partial charge in [-0.3, -0.25) is 4.98 Å². The van der Waals surface area contributed by atoms with Gasteiger partial charge in [-0.15, -0.1) is 0 Å². The summed E-state index contributed by atoms with van der Waals surface area (Å²) in [4.78, 5) is 19.4. The van der Waals surface area contributed by atoms with Crippen molar-refractivity contribution < 1.29 is 28.8 Å². The van der Waals surface area contributed by atoms with Gasteiger partial charge in [0, 0.05) is 30.0 Å². The molecule has 5 rings (SSSR count). The summed E-state index contributed by atoms with van der Waals surface area (Å²) in [5, 5.41) is 10.3. The van der Waals surface area contributed by atoms with Crippen molar-refractivity contribution in [3.8, 4) is 28.5 Å². The number of carboxylic acids is 1. The lowest BCUT2D eigenvalue weighted by atomic mass is 10.0. The van der Waals surface area contributed by atoms with Crippen molar-refractivity contribution in [2.24, 2.45) is 0 Å². The van der Waals surface area contributed by atoms with E-state index in [1.54, 1.807) is 12.3 Å². The summed E-state index contributed by atoms with van der Waals surface area (Å²) in [7, 11) is 0. The highest BCUT2D eigenvalue weighted by Gasteiger charge is 2.18. The van der Waals surface area contributed by atoms with Crippen molar-refractivity contribution >= 4 is 16.9 Å². The van der Waals surface area contributed by atoms with Crippen molar-refractivity contribution in [2.75, 3.05) is 26.4 Å². The first-order valence-corrected chi connectivity index (χ1v) is 12.0. The molecule has 186 valence electrons. The van der Waals surface area contributed by atoms with E-state index in [9.17, 15) is 9.90 Å². The molecular formula is C28H28N2O6. The minimum atomic E-state index is -1.02. The molecule has 2 aromatic carbocycles. The van der Waals surface area contributed by atoms with Crippen molar-refractivity contribution in [1.29, 1.82) is 0 Å². The van der Waals surface area contributed by atoms with E-state index in [-0.39, 0.29) is 11.8 Å². The van der Waals surface area contributed by atoms with Crippen LogP contribution in [-0.4, -0.2) is 53.6 Å². The second-order valence-electron chi connectivity index (χ2n) is 8.54. The van der Waals surface area contributed by atoms with Crippen LogP contribution in [0.15, 0.2) is 60.8 Å². The smallest absolute Gasteiger partial charge is 0.352 e. The van der Waals surface area contributed by atoms with Gasteiger partial charge in [0.1, 0.15) is 29.0 Å². The Balaban J connectivity index is 1.32. The number of ether oxygens (including phenoxy) is 4. The maximum Gasteiger partial charge on any atom is 0.352 e. The van der Waals surface area contributed by atoms with Crippen LogP contribution in [0.1, 0.15) is 29.4 Å². The van der Waals surface area contributed by atoms with E-state index in [1.807, 2.05) is 55.5 Å². The third-order valence-electron chi connectivity index (χ3n) is 6.05. The monoisotopic (exact) mass is 488 g/mol. The number of carbonyl (C=O) groups is 1. The fraction of sp³-hybridized carbons (Fsp3) is 0.286. The summed E-state index contributed by atoms with van der Waals surface area (Å²) in [5.74, 6) is 1.25. The topological polar surface area (TPSA) is 103 Å². The molecule has 1 aliphatic rings. The molecule has 2 N–H and O–H groups in total. The Bertz CT molecular complexity index is 1340. The standard InChI is InChI=1S/C28H28N2O6/c1-2-34-22-5-3-4-18(14-22)26-24-15-25(28(31)32)30-27(24)19(16-29-26)10-13-35-20-6-8-21(9-7-20)36-23-11-12-33-17-23/h3-9,14-16,23,30H,2,10-13,17H2,1H3,(H,31,32). The SMILES string of the molecule is CCOc1cccc(-c2ncc(CCOc3ccc(OC4CCOC4)cc3)c3[nH]c(C(=O)O)cc23)c1. The molecule has 0 amide bonds. The molecule has 1 saturated heterocycles. The summed E-state index contributed by atoms with van der Waals surface area (Å²) < 4.78 is 22.8. The van der Waals surface area contributed by atoms with Gasteiger partial charge in [0.25, 0.3) is 0 Å². The number of aromatic carboxylic acids is 1. The number of hydrogen-bond donors (Lipinski definition) is 2. The number of H-pyrrole nitrogens is 1. The van der Waals surface area contributed by atoms with E-state index >= 15 is 0 Å². The molecular weight excluding hydrogens is 460 g/mol. The molecule has 0 radical (unpaired) electrons. The van der Waals surface area contributed by atoms with E-state index in [0.717, 1.165) is 52.3 Å². The molecule has 2 aromatic heterocycles. The zero-order valence-electron chi connectivity index (χ0n) is 20.0. The Morgan fingerprint density at radius 2 is 1.94 bits per heavy atom. The van der Waals surface area contributed by atoms with Crippen LogP contribution in [0.25, 0.3) is 22.2 Å². The molecule has 8 heteroatoms. The normalized spacial score (nSPS) is 15.2. The summed E-state index contributed by atoms with van der Waals surface area (Å²) in [6.07, 6.45) is 3.34. The van der Waals surface area contributed by atoms with Crippen LogP contribution in [0.2, 0.25) is 0 Å². The molecule has 1 fully saturated rings. The maximum absolute atomic E-state index is 11.7. The van der Waals surface area contributed by atoms with Crippen molar-refractivity contribution in [1.82, 2.24) is 9.97 Å². The zero-order chi connectivity index (χ0) is 24.9. The van der Waals surface area contributed by atoms with Gasteiger partial charge in [-0.1, -0.05) is 12.1 Å². The van der Waals surface area contributed by atoms with Gasteiger partial charge in [-0.25, -0.2) is 4.79 Å². The van der Waals surface area contributed by atoms with E-state index in [0.29, 0.717) is 31.9 Å². The number of nitrogens with zero attached hydrogens (tertiary/aromatic N) is 1. The van der Waals surface area contributed by atoms with Gasteiger partial charge < -0.3 is 29.0 Å². The Kier molecular flexibility index (Phi) is 7.04. The lowest BCUT2D eigenvalue weighted by Crippen LogP contribution is -2.15. The first-order valence-electron chi connectivity index (χ1n) is 12.0. The fourth-order valence-electron chi connectivity index (χ4n) is 4.30. The molecule has 0 saturated carbocycles. The molecule has 1 aliphatic heterocycles. The third kappa shape index (κ3) is 5.28. The molecule has 4 aromatic rings. The average Bonchev–Trinajstić information content (AvgIpc) is 3.56. The van der Waals surface area contributed by atoms with E-state index < -0.39 is 5.97 Å². The number of benzene rings is 2. The molecule has 1 unspecified atom stereocenters. The number of hydrogen-bond acceptors (Lipinski definition) is 6. The largest absolute Gasteiger partial charge is 0.494 e. The van der Waals surface area contributed by atoms with Gasteiger partial charge in [0.15, 0.2) is 0 Å². The van der Waals surface area contributed by atoms with Crippen LogP contribution >= 0.6 is 0 Å². The number of rotatable bonds is 10. The number of fused-ring (bicyclic) bond motifs is 1. The molecule has 0 bridgehead atoms. The Morgan fingerprint density at radius 1 is 1.11 bits per heavy atom. The van der Waals surface area contributed by atoms with Gasteiger partial charge >= 0.3 is 5.97 Å². The van der Waals surface area contributed by atoms with Crippen LogP contribution in [0.5, 0.6) is 17.2 Å². The number of aromatic nitrogens is 2. The van der Waals surface area contributed by atoms with Crippen molar-refractivity contribution in [3.05, 3.63) is 72.1 Å². The lowest BCUT2D eigenvalue weighted by molar-refractivity contribution is 0.0691. The van der Waals surface area contributed by atoms with Crippen LogP contribution in [-0.2, 0) is 11.2 Å². The number of nitrogens with one attached hydrogen (secondary N) is 1. The van der Waals surface area contributed by atoms with Gasteiger partial charge in [0.2, 0.25) is 0 Å². The summed E-state index contributed by atoms with van der Waals surface area (Å²) in [5.41, 5.74) is 3.29. The second kappa shape index (κ2) is 10.7. The quantitative estimate of drug-likeness (QED) is 0.320. The highest BCUT2D eigenvalue weighted by Crippen LogP contribution is 2.32. The molecule has 8 nitrogen and oxygen atoms in total. The minimum absolute atomic E-state index is 0.104. The Morgan fingerprint density at radius 3 is 2.69 bits per heavy atom. The fourth-order valence-corrected chi connectivity index (χ4v) is 4.30. The van der Waals surface area contributed by atoms with Crippen LogP contribution in [0.3, 0.4) is 0 Å². The van der Waals surface area contributed by atoms with Crippen LogP contribution in [0, 0.1) is 0 Å². The first-order chi connectivity index (χ1) is 17.6. The second-order valence-corrected chi connectivity index (χ2v) is 8.54. The Hall–Kier alpha value is -4.04. The van der Waals surface area contributed by atoms with Gasteiger partial charge in [0.05, 0.1) is 37.6 Å². The van der Waals surface area contributed by atoms with E-state index in [2.05, 4.69) is 9.97 Å². The van der Waals surface area contributed by atoms with E-state index in [4.69, 9.17) is 18.9 Å². The highest BCUT2D eigenvalue weighted by atomic mass is 16.5. The maximum atomic E-state index is 11.7. The molecule has 0 spiro atoms. The number of aromatic amines is 1. The van der Waals surface area contributed by atoms with E-state index in [1.165, 1.54) is 0 Å². The summed E-state index contributed by atoms with van der Waals surface area (Å²) in [6.45, 7) is 4.26. The first kappa shape index (κ1) is 23.7. The zero-order valence-corrected chi connectivity index (χ0v) is 20.0. The number of pyridine rings is 1. The molecule has 36 heavy (non-hydrogen) atoms. The number of carboxylic acid groups (broad SMARTS) is 1. The van der Waals surface area contributed by atoms with Crippen LogP contribution in [0.4, 0.5) is 0 Å². The van der Waals surface area contributed by atoms with Crippen molar-refractivity contribution in [2.45, 2.75) is 25.9 Å². The van der Waals surface area contributed by atoms with Gasteiger partial charge in [-0.2, -0.15) is 0 Å². The van der Waals surface area contributed by atoms with Crippen LogP contribution < -0.4 is 14.2 Å². The lowest BCUT2D eigenvalue weighted by Gasteiger charge is -2.13. The van der Waals surface area contributed by atoms with Crippen molar-refractivity contribution in [3.63, 3.8) is 0 Å². The molecule has 3 heterocycles. The third-order valence-corrected chi connectivity index (χ3v) is 6.05. The minimum Gasteiger partial charge on any atom is -0.494 e.